The summed E-state index contributed by atoms with van der Waals surface area (Å²) in [6.07, 6.45) is 0. The van der Waals surface area contributed by atoms with Gasteiger partial charge in [0, 0.05) is 26.4 Å². The first-order valence-corrected chi connectivity index (χ1v) is 10.4. The summed E-state index contributed by atoms with van der Waals surface area (Å²) in [5, 5.41) is 5.97. The molecular weight excluding hydrogens is 432 g/mol. The Morgan fingerprint density at radius 3 is 2.12 bits per heavy atom. The van der Waals surface area contributed by atoms with Crippen LogP contribution in [-0.2, 0) is 0 Å². The zero-order valence-electron chi connectivity index (χ0n) is 13.3. The van der Waals surface area contributed by atoms with Crippen molar-refractivity contribution in [3.05, 3.63) is 57.7 Å². The Hall–Kier alpha value is -2.22. The van der Waals surface area contributed by atoms with Gasteiger partial charge in [-0.1, -0.05) is 28.1 Å². The number of hydrogen-bond donors (Lipinski definition) is 0. The topological polar surface area (TPSA) is 44.2 Å². The van der Waals surface area contributed by atoms with Crippen LogP contribution in [0.2, 0.25) is 0 Å². The second-order valence-electron chi connectivity index (χ2n) is 5.65. The molecule has 4 nitrogen and oxygen atoms in total. The van der Waals surface area contributed by atoms with Crippen LogP contribution in [0.1, 0.15) is 0 Å². The highest BCUT2D eigenvalue weighted by molar-refractivity contribution is 9.10. The molecule has 0 fully saturated rings. The lowest BCUT2D eigenvalue weighted by Gasteiger charge is -1.99. The van der Waals surface area contributed by atoms with Crippen molar-refractivity contribution in [2.45, 2.75) is 0 Å². The zero-order chi connectivity index (χ0) is 17.5. The van der Waals surface area contributed by atoms with Crippen LogP contribution in [-0.4, -0.2) is 16.8 Å². The minimum Gasteiger partial charge on any atom is -0.454 e. The molecule has 2 aromatic heterocycles. The minimum absolute atomic E-state index is 0.277. The summed E-state index contributed by atoms with van der Waals surface area (Å²) < 4.78 is 11.9. The molecule has 4 aromatic rings. The molecule has 0 atom stereocenters. The summed E-state index contributed by atoms with van der Waals surface area (Å²) >= 11 is 6.67. The number of benzene rings is 2. The second kappa shape index (κ2) is 6.50. The third-order valence-electron chi connectivity index (χ3n) is 4.00. The number of rotatable bonds is 3. The molecule has 0 spiro atoms. The lowest BCUT2D eigenvalue weighted by molar-refractivity contribution is 0.174. The standard InChI is InChI=1S/C19H11BrN2O2S2/c20-13-4-1-11(2-5-13)14-8-25-18(21-14)19-22-15(9-26-19)12-3-6-16-17(7-12)24-10-23-16/h1-9H,10H2. The van der Waals surface area contributed by atoms with Crippen LogP contribution in [0.3, 0.4) is 0 Å². The van der Waals surface area contributed by atoms with Crippen molar-refractivity contribution in [3.8, 4) is 44.0 Å². The molecular formula is C19H11BrN2O2S2. The maximum absolute atomic E-state index is 5.45. The molecule has 0 saturated heterocycles. The number of hydrogen-bond acceptors (Lipinski definition) is 6. The largest absolute Gasteiger partial charge is 0.454 e. The van der Waals surface area contributed by atoms with E-state index in [0.29, 0.717) is 0 Å². The monoisotopic (exact) mass is 442 g/mol. The van der Waals surface area contributed by atoms with Gasteiger partial charge in [0.05, 0.1) is 11.4 Å². The molecule has 2 aromatic carbocycles. The van der Waals surface area contributed by atoms with Crippen LogP contribution >= 0.6 is 38.6 Å². The van der Waals surface area contributed by atoms with Crippen molar-refractivity contribution in [2.75, 3.05) is 6.79 Å². The fourth-order valence-corrected chi connectivity index (χ4v) is 4.66. The zero-order valence-corrected chi connectivity index (χ0v) is 16.5. The van der Waals surface area contributed by atoms with E-state index in [9.17, 15) is 0 Å². The third-order valence-corrected chi connectivity index (χ3v) is 6.36. The van der Waals surface area contributed by atoms with Crippen molar-refractivity contribution in [1.82, 2.24) is 9.97 Å². The van der Waals surface area contributed by atoms with Gasteiger partial charge in [0.1, 0.15) is 0 Å². The number of aromatic nitrogens is 2. The first kappa shape index (κ1) is 16.0. The molecule has 7 heteroatoms. The SMILES string of the molecule is Brc1ccc(-c2csc(-c3nc(-c4ccc5c(c4)OCO5)cs3)n2)cc1. The molecule has 0 aliphatic carbocycles. The molecule has 26 heavy (non-hydrogen) atoms. The van der Waals surface area contributed by atoms with Crippen LogP contribution in [0.15, 0.2) is 57.7 Å². The molecule has 1 aliphatic rings. The Morgan fingerprint density at radius 1 is 0.769 bits per heavy atom. The van der Waals surface area contributed by atoms with E-state index in [0.717, 1.165) is 48.5 Å². The van der Waals surface area contributed by atoms with E-state index in [1.54, 1.807) is 22.7 Å². The predicted octanol–water partition coefficient (Wildman–Crippen LogP) is 6.09. The van der Waals surface area contributed by atoms with Crippen LogP contribution in [0, 0.1) is 0 Å². The molecule has 0 radical (unpaired) electrons. The average Bonchev–Trinajstić information content (AvgIpc) is 3.40. The Balaban J connectivity index is 1.44. The average molecular weight is 443 g/mol. The van der Waals surface area contributed by atoms with E-state index in [1.165, 1.54) is 0 Å². The van der Waals surface area contributed by atoms with E-state index in [-0.39, 0.29) is 6.79 Å². The van der Waals surface area contributed by atoms with E-state index < -0.39 is 0 Å². The van der Waals surface area contributed by atoms with Gasteiger partial charge >= 0.3 is 0 Å². The number of nitrogens with zero attached hydrogens (tertiary/aromatic N) is 2. The van der Waals surface area contributed by atoms with E-state index in [2.05, 4.69) is 33.4 Å². The van der Waals surface area contributed by atoms with E-state index in [1.807, 2.05) is 35.7 Å². The van der Waals surface area contributed by atoms with Gasteiger partial charge in [0.2, 0.25) is 6.79 Å². The summed E-state index contributed by atoms with van der Waals surface area (Å²) in [4.78, 5) is 9.51. The summed E-state index contributed by atoms with van der Waals surface area (Å²) in [5.74, 6) is 1.55. The smallest absolute Gasteiger partial charge is 0.231 e. The van der Waals surface area contributed by atoms with Crippen molar-refractivity contribution >= 4 is 38.6 Å². The van der Waals surface area contributed by atoms with Gasteiger partial charge in [-0.2, -0.15) is 0 Å². The normalized spacial score (nSPS) is 12.5. The van der Waals surface area contributed by atoms with Gasteiger partial charge in [-0.25, -0.2) is 9.97 Å². The summed E-state index contributed by atoms with van der Waals surface area (Å²) in [6, 6.07) is 14.1. The fourth-order valence-electron chi connectivity index (χ4n) is 2.69. The molecule has 0 N–H and O–H groups in total. The Labute approximate surface area is 166 Å². The van der Waals surface area contributed by atoms with Crippen molar-refractivity contribution < 1.29 is 9.47 Å². The van der Waals surface area contributed by atoms with Crippen LogP contribution in [0.25, 0.3) is 32.5 Å². The highest BCUT2D eigenvalue weighted by atomic mass is 79.9. The van der Waals surface area contributed by atoms with Gasteiger partial charge < -0.3 is 9.47 Å². The minimum atomic E-state index is 0.277. The second-order valence-corrected chi connectivity index (χ2v) is 8.28. The van der Waals surface area contributed by atoms with Crippen molar-refractivity contribution in [1.29, 1.82) is 0 Å². The van der Waals surface area contributed by atoms with Crippen molar-refractivity contribution in [3.63, 3.8) is 0 Å². The summed E-state index contributed by atoms with van der Waals surface area (Å²) in [7, 11) is 0. The molecule has 0 unspecified atom stereocenters. The molecule has 0 amide bonds. The van der Waals surface area contributed by atoms with E-state index in [4.69, 9.17) is 19.4 Å². The van der Waals surface area contributed by atoms with E-state index >= 15 is 0 Å². The highest BCUT2D eigenvalue weighted by Gasteiger charge is 2.16. The molecule has 3 heterocycles. The number of halogens is 1. The van der Waals surface area contributed by atoms with Gasteiger partial charge in [-0.15, -0.1) is 22.7 Å². The third kappa shape index (κ3) is 2.92. The van der Waals surface area contributed by atoms with Gasteiger partial charge in [-0.3, -0.25) is 0 Å². The lowest BCUT2D eigenvalue weighted by Crippen LogP contribution is -1.92. The fraction of sp³-hybridized carbons (Fsp3) is 0.0526. The summed E-state index contributed by atoms with van der Waals surface area (Å²) in [6.45, 7) is 0.277. The predicted molar refractivity (Wildman–Crippen MR) is 108 cm³/mol. The molecule has 0 bridgehead atoms. The first-order valence-electron chi connectivity index (χ1n) is 7.84. The molecule has 5 rings (SSSR count). The van der Waals surface area contributed by atoms with Crippen LogP contribution in [0.4, 0.5) is 0 Å². The van der Waals surface area contributed by atoms with Crippen LogP contribution in [0.5, 0.6) is 11.5 Å². The van der Waals surface area contributed by atoms with Crippen molar-refractivity contribution in [2.24, 2.45) is 0 Å². The van der Waals surface area contributed by atoms with Gasteiger partial charge in [0.25, 0.3) is 0 Å². The lowest BCUT2D eigenvalue weighted by atomic mass is 10.1. The number of ether oxygens (including phenoxy) is 2. The van der Waals surface area contributed by atoms with Crippen LogP contribution < -0.4 is 9.47 Å². The maximum atomic E-state index is 5.45. The first-order chi connectivity index (χ1) is 12.8. The van der Waals surface area contributed by atoms with Gasteiger partial charge in [0.15, 0.2) is 21.5 Å². The quantitative estimate of drug-likeness (QED) is 0.384. The number of fused-ring (bicyclic) bond motifs is 1. The Morgan fingerprint density at radius 2 is 1.38 bits per heavy atom. The Kier molecular flexibility index (Phi) is 4.00. The Bertz CT molecular complexity index is 1090. The summed E-state index contributed by atoms with van der Waals surface area (Å²) in [5.41, 5.74) is 4.01. The molecule has 128 valence electrons. The highest BCUT2D eigenvalue weighted by Crippen LogP contribution is 2.38. The van der Waals surface area contributed by atoms with Gasteiger partial charge in [-0.05, 0) is 30.3 Å². The number of thiazole rings is 2. The molecule has 1 aliphatic heterocycles. The maximum Gasteiger partial charge on any atom is 0.231 e. The molecule has 0 saturated carbocycles.